The van der Waals surface area contributed by atoms with Gasteiger partial charge in [-0.1, -0.05) is 121 Å². The average molecular weight is 748 g/mol. The lowest BCUT2D eigenvalue weighted by atomic mass is 9.89. The Morgan fingerprint density at radius 1 is 0.390 bits per heavy atom. The van der Waals surface area contributed by atoms with E-state index in [0.717, 1.165) is 55.1 Å². The third-order valence-corrected chi connectivity index (χ3v) is 12.2. The summed E-state index contributed by atoms with van der Waals surface area (Å²) in [7, 11) is 0. The van der Waals surface area contributed by atoms with Gasteiger partial charge < -0.3 is 4.57 Å². The molecule has 59 heavy (non-hydrogen) atoms. The van der Waals surface area contributed by atoms with Crippen molar-refractivity contribution in [1.29, 1.82) is 5.26 Å². The molecular formula is C56H33N3. The molecule has 0 saturated heterocycles. The first-order valence-corrected chi connectivity index (χ1v) is 20.0. The van der Waals surface area contributed by atoms with E-state index in [1.807, 2.05) is 30.5 Å². The monoisotopic (exact) mass is 747 g/mol. The quantitative estimate of drug-likeness (QED) is 0.165. The van der Waals surface area contributed by atoms with E-state index >= 15 is 0 Å². The minimum Gasteiger partial charge on any atom is -0.309 e. The summed E-state index contributed by atoms with van der Waals surface area (Å²) < 4.78 is 2.29. The van der Waals surface area contributed by atoms with Crippen molar-refractivity contribution in [2.24, 2.45) is 0 Å². The van der Waals surface area contributed by atoms with Crippen LogP contribution in [-0.4, -0.2) is 9.55 Å². The van der Waals surface area contributed by atoms with Crippen LogP contribution in [0.5, 0.6) is 0 Å². The summed E-state index contributed by atoms with van der Waals surface area (Å²) in [6, 6.07) is 72.2. The second-order valence-corrected chi connectivity index (χ2v) is 15.5. The fraction of sp³-hybridized carbons (Fsp3) is 0. The number of para-hydroxylation sites is 2. The van der Waals surface area contributed by atoms with Crippen LogP contribution in [0.1, 0.15) is 5.56 Å². The predicted molar refractivity (Wildman–Crippen MR) is 246 cm³/mol. The van der Waals surface area contributed by atoms with Gasteiger partial charge in [-0.25, -0.2) is 0 Å². The van der Waals surface area contributed by atoms with Crippen LogP contribution in [0.2, 0.25) is 0 Å². The van der Waals surface area contributed by atoms with Crippen molar-refractivity contribution >= 4 is 65.0 Å². The first-order valence-electron chi connectivity index (χ1n) is 20.0. The maximum Gasteiger partial charge on any atom is 0.0991 e. The molecule has 0 amide bonds. The lowest BCUT2D eigenvalue weighted by Crippen LogP contribution is -1.93. The second kappa shape index (κ2) is 13.0. The first-order chi connectivity index (χ1) is 29.2. The number of fused-ring (bicyclic) bond motifs is 4. The van der Waals surface area contributed by atoms with Crippen LogP contribution in [0.25, 0.3) is 115 Å². The van der Waals surface area contributed by atoms with Crippen LogP contribution in [0.3, 0.4) is 0 Å². The number of rotatable bonds is 5. The van der Waals surface area contributed by atoms with Crippen LogP contribution in [0.15, 0.2) is 200 Å². The van der Waals surface area contributed by atoms with Crippen LogP contribution >= 0.6 is 0 Å². The fourth-order valence-electron chi connectivity index (χ4n) is 9.33. The topological polar surface area (TPSA) is 41.6 Å². The summed E-state index contributed by atoms with van der Waals surface area (Å²) in [4.78, 5) is 4.68. The SMILES string of the molecule is N#Cc1ccc2c(c1)c1cc(-c3ccc(-c4cc5ccc6cc(-c7ccc(-c8cccc9cccnc89)cc7)cc7ccc(c4)c5c67)cc3)ccc1n2-c1ccccc1. The predicted octanol–water partition coefficient (Wildman–Crippen LogP) is 14.8. The van der Waals surface area contributed by atoms with Crippen molar-refractivity contribution < 1.29 is 0 Å². The van der Waals surface area contributed by atoms with Crippen molar-refractivity contribution in [3.8, 4) is 56.3 Å². The molecule has 0 atom stereocenters. The first kappa shape index (κ1) is 33.1. The molecule has 0 aliphatic heterocycles. The third-order valence-electron chi connectivity index (χ3n) is 12.2. The number of hydrogen-bond acceptors (Lipinski definition) is 2. The molecule has 0 N–H and O–H groups in total. The van der Waals surface area contributed by atoms with Crippen LogP contribution in [0, 0.1) is 11.3 Å². The largest absolute Gasteiger partial charge is 0.309 e. The van der Waals surface area contributed by atoms with Crippen molar-refractivity contribution in [3.05, 3.63) is 206 Å². The van der Waals surface area contributed by atoms with Gasteiger partial charge in [0.2, 0.25) is 0 Å². The van der Waals surface area contributed by atoms with E-state index in [1.165, 1.54) is 60.1 Å². The Morgan fingerprint density at radius 3 is 1.53 bits per heavy atom. The van der Waals surface area contributed by atoms with Gasteiger partial charge >= 0.3 is 0 Å². The van der Waals surface area contributed by atoms with Crippen molar-refractivity contribution in [1.82, 2.24) is 9.55 Å². The number of hydrogen-bond donors (Lipinski definition) is 0. The van der Waals surface area contributed by atoms with Gasteiger partial charge in [0.1, 0.15) is 0 Å². The molecular weight excluding hydrogens is 715 g/mol. The smallest absolute Gasteiger partial charge is 0.0991 e. The molecule has 0 radical (unpaired) electrons. The normalized spacial score (nSPS) is 11.7. The van der Waals surface area contributed by atoms with E-state index in [-0.39, 0.29) is 0 Å². The molecule has 0 bridgehead atoms. The van der Waals surface area contributed by atoms with E-state index in [0.29, 0.717) is 5.56 Å². The summed E-state index contributed by atoms with van der Waals surface area (Å²) >= 11 is 0. The van der Waals surface area contributed by atoms with Gasteiger partial charge in [0.25, 0.3) is 0 Å². The van der Waals surface area contributed by atoms with Gasteiger partial charge in [-0.15, -0.1) is 0 Å². The zero-order valence-electron chi connectivity index (χ0n) is 31.9. The van der Waals surface area contributed by atoms with E-state index in [2.05, 4.69) is 185 Å². The Kier molecular flexibility index (Phi) is 7.29. The van der Waals surface area contributed by atoms with Gasteiger partial charge in [-0.05, 0) is 144 Å². The molecule has 0 unspecified atom stereocenters. The molecule has 0 aliphatic carbocycles. The number of aromatic nitrogens is 2. The second-order valence-electron chi connectivity index (χ2n) is 15.5. The summed E-state index contributed by atoms with van der Waals surface area (Å²) in [5.41, 5.74) is 14.4. The summed E-state index contributed by atoms with van der Waals surface area (Å²) in [5.74, 6) is 0. The molecule has 2 heterocycles. The number of pyridine rings is 1. The molecule has 3 nitrogen and oxygen atoms in total. The number of nitrogens with zero attached hydrogens (tertiary/aromatic N) is 3. The Bertz CT molecular complexity index is 3570. The summed E-state index contributed by atoms with van der Waals surface area (Å²) in [6.45, 7) is 0. The Morgan fingerprint density at radius 2 is 0.915 bits per heavy atom. The van der Waals surface area contributed by atoms with Crippen LogP contribution < -0.4 is 0 Å². The van der Waals surface area contributed by atoms with Crippen LogP contribution in [0.4, 0.5) is 0 Å². The van der Waals surface area contributed by atoms with E-state index in [4.69, 9.17) is 0 Å². The Labute approximate surface area is 340 Å². The number of benzene rings is 10. The number of nitriles is 1. The zero-order chi connectivity index (χ0) is 39.0. The fourth-order valence-corrected chi connectivity index (χ4v) is 9.33. The highest BCUT2D eigenvalue weighted by Gasteiger charge is 2.16. The highest BCUT2D eigenvalue weighted by atomic mass is 15.0. The van der Waals surface area contributed by atoms with Gasteiger partial charge in [-0.3, -0.25) is 4.98 Å². The molecule has 3 heteroatoms. The van der Waals surface area contributed by atoms with Gasteiger partial charge in [0, 0.05) is 33.6 Å². The highest BCUT2D eigenvalue weighted by molar-refractivity contribution is 6.24. The molecule has 0 saturated carbocycles. The standard InChI is InChI=1S/C56H33N3/c57-34-35-11-25-52-50(28-35)51-33-41(24-26-53(51)59(52)48-8-2-1-3-9-48)36-12-14-37(15-13-36)46-29-42-20-22-44-31-47(32-45-23-21-43(30-46)54(42)55(44)45)38-16-18-39(19-17-38)49-10-4-6-40-7-5-27-58-56(40)49/h1-33H. The van der Waals surface area contributed by atoms with E-state index < -0.39 is 0 Å². The lowest BCUT2D eigenvalue weighted by Gasteiger charge is -2.15. The molecule has 12 aromatic rings. The maximum absolute atomic E-state index is 9.73. The Balaban J connectivity index is 0.879. The Hall–Kier alpha value is -8.06. The van der Waals surface area contributed by atoms with E-state index in [1.54, 1.807) is 0 Å². The molecule has 0 aliphatic rings. The lowest BCUT2D eigenvalue weighted by molar-refractivity contribution is 1.18. The van der Waals surface area contributed by atoms with Crippen molar-refractivity contribution in [2.45, 2.75) is 0 Å². The molecule has 2 aromatic heterocycles. The van der Waals surface area contributed by atoms with Gasteiger partial charge in [-0.2, -0.15) is 5.26 Å². The molecule has 0 fully saturated rings. The average Bonchev–Trinajstić information content (AvgIpc) is 3.63. The zero-order valence-corrected chi connectivity index (χ0v) is 31.9. The third kappa shape index (κ3) is 5.32. The van der Waals surface area contributed by atoms with Gasteiger partial charge in [0.15, 0.2) is 0 Å². The van der Waals surface area contributed by atoms with E-state index in [9.17, 15) is 5.26 Å². The maximum atomic E-state index is 9.73. The van der Waals surface area contributed by atoms with Gasteiger partial charge in [0.05, 0.1) is 28.2 Å². The van der Waals surface area contributed by atoms with Crippen molar-refractivity contribution in [3.63, 3.8) is 0 Å². The highest BCUT2D eigenvalue weighted by Crippen LogP contribution is 2.41. The minimum atomic E-state index is 0.662. The molecule has 12 rings (SSSR count). The molecule has 10 aromatic carbocycles. The molecule has 272 valence electrons. The minimum absolute atomic E-state index is 0.662. The summed E-state index contributed by atoms with van der Waals surface area (Å²) in [5, 5.41) is 20.7. The van der Waals surface area contributed by atoms with Crippen molar-refractivity contribution in [2.75, 3.05) is 0 Å². The summed E-state index contributed by atoms with van der Waals surface area (Å²) in [6.07, 6.45) is 1.87. The molecule has 0 spiro atoms. The van der Waals surface area contributed by atoms with Crippen LogP contribution in [-0.2, 0) is 0 Å².